The molecule has 1 atom stereocenters. The van der Waals surface area contributed by atoms with Crippen molar-refractivity contribution in [1.82, 2.24) is 15.5 Å². The molecule has 0 heterocycles. The van der Waals surface area contributed by atoms with Gasteiger partial charge in [0.25, 0.3) is 0 Å². The van der Waals surface area contributed by atoms with Gasteiger partial charge in [-0.25, -0.2) is 0 Å². The van der Waals surface area contributed by atoms with E-state index in [9.17, 15) is 0 Å². The molecule has 0 saturated heterocycles. The fraction of sp³-hybridized carbons (Fsp3) is 0.933. The monoisotopic (exact) mass is 398 g/mol. The van der Waals surface area contributed by atoms with Gasteiger partial charge in [-0.3, -0.25) is 4.99 Å². The SMILES string of the molecule is CCNC(=NCCN(C)CC)NC(C)CCC(C)C.I. The Labute approximate surface area is 143 Å². The lowest BCUT2D eigenvalue weighted by Gasteiger charge is -2.19. The predicted octanol–water partition coefficient (Wildman–Crippen LogP) is 2.94. The smallest absolute Gasteiger partial charge is 0.191 e. The molecule has 20 heavy (non-hydrogen) atoms. The van der Waals surface area contributed by atoms with E-state index >= 15 is 0 Å². The maximum absolute atomic E-state index is 4.62. The third-order valence-electron chi connectivity index (χ3n) is 3.20. The van der Waals surface area contributed by atoms with Crippen molar-refractivity contribution >= 4 is 29.9 Å². The molecule has 5 heteroatoms. The van der Waals surface area contributed by atoms with Crippen LogP contribution in [-0.4, -0.2) is 50.1 Å². The number of halogens is 1. The number of aliphatic imine (C=N–C) groups is 1. The van der Waals surface area contributed by atoms with Crippen molar-refractivity contribution in [3.05, 3.63) is 0 Å². The molecule has 0 spiro atoms. The van der Waals surface area contributed by atoms with E-state index in [0.717, 1.165) is 38.1 Å². The second-order valence-corrected chi connectivity index (χ2v) is 5.67. The molecular formula is C15H35IN4. The van der Waals surface area contributed by atoms with Crippen LogP contribution in [0.3, 0.4) is 0 Å². The van der Waals surface area contributed by atoms with E-state index < -0.39 is 0 Å². The number of hydrogen-bond donors (Lipinski definition) is 2. The third kappa shape index (κ3) is 13.0. The highest BCUT2D eigenvalue weighted by Gasteiger charge is 2.06. The van der Waals surface area contributed by atoms with Gasteiger partial charge in [0.05, 0.1) is 6.54 Å². The second kappa shape index (κ2) is 13.9. The zero-order valence-corrected chi connectivity index (χ0v) is 16.5. The molecule has 0 aromatic heterocycles. The molecule has 0 aliphatic carbocycles. The van der Waals surface area contributed by atoms with Gasteiger partial charge < -0.3 is 15.5 Å². The van der Waals surface area contributed by atoms with Crippen molar-refractivity contribution in [2.75, 3.05) is 33.2 Å². The van der Waals surface area contributed by atoms with Crippen LogP contribution in [-0.2, 0) is 0 Å². The first-order valence-corrected chi connectivity index (χ1v) is 7.72. The first-order valence-electron chi connectivity index (χ1n) is 7.72. The second-order valence-electron chi connectivity index (χ2n) is 5.67. The van der Waals surface area contributed by atoms with Crippen molar-refractivity contribution in [3.8, 4) is 0 Å². The molecule has 4 nitrogen and oxygen atoms in total. The fourth-order valence-electron chi connectivity index (χ4n) is 1.70. The predicted molar refractivity (Wildman–Crippen MR) is 101 cm³/mol. The van der Waals surface area contributed by atoms with Crippen LogP contribution in [0, 0.1) is 5.92 Å². The highest BCUT2D eigenvalue weighted by Crippen LogP contribution is 2.06. The summed E-state index contributed by atoms with van der Waals surface area (Å²) in [6.45, 7) is 14.9. The average molecular weight is 398 g/mol. The van der Waals surface area contributed by atoms with Gasteiger partial charge in [-0.2, -0.15) is 0 Å². The molecule has 0 rings (SSSR count). The van der Waals surface area contributed by atoms with Crippen LogP contribution in [0.25, 0.3) is 0 Å². The van der Waals surface area contributed by atoms with E-state index in [1.807, 2.05) is 0 Å². The van der Waals surface area contributed by atoms with Gasteiger partial charge in [0.15, 0.2) is 5.96 Å². The first-order chi connectivity index (χ1) is 8.99. The standard InChI is InChI=1S/C15H34N4.HI/c1-7-16-15(17-11-12-19(6)8-2)18-14(5)10-9-13(3)4;/h13-14H,7-12H2,1-6H3,(H2,16,17,18);1H. The van der Waals surface area contributed by atoms with E-state index in [4.69, 9.17) is 0 Å². The molecule has 0 aliphatic heterocycles. The van der Waals surface area contributed by atoms with Crippen molar-refractivity contribution in [1.29, 1.82) is 0 Å². The summed E-state index contributed by atoms with van der Waals surface area (Å²) in [5.74, 6) is 1.71. The summed E-state index contributed by atoms with van der Waals surface area (Å²) < 4.78 is 0. The van der Waals surface area contributed by atoms with Crippen molar-refractivity contribution in [2.24, 2.45) is 10.9 Å². The largest absolute Gasteiger partial charge is 0.357 e. The van der Waals surface area contributed by atoms with Crippen LogP contribution in [0.4, 0.5) is 0 Å². The Bertz CT molecular complexity index is 244. The Morgan fingerprint density at radius 1 is 1.15 bits per heavy atom. The summed E-state index contributed by atoms with van der Waals surface area (Å²) in [6, 6.07) is 0.476. The maximum Gasteiger partial charge on any atom is 0.191 e. The van der Waals surface area contributed by atoms with Crippen LogP contribution in [0.2, 0.25) is 0 Å². The van der Waals surface area contributed by atoms with Gasteiger partial charge in [0.1, 0.15) is 0 Å². The van der Waals surface area contributed by atoms with E-state index in [0.29, 0.717) is 6.04 Å². The van der Waals surface area contributed by atoms with Gasteiger partial charge >= 0.3 is 0 Å². The average Bonchev–Trinajstić information content (AvgIpc) is 2.36. The zero-order valence-electron chi connectivity index (χ0n) is 14.2. The van der Waals surface area contributed by atoms with Crippen LogP contribution in [0.15, 0.2) is 4.99 Å². The van der Waals surface area contributed by atoms with Gasteiger partial charge in [-0.15, -0.1) is 24.0 Å². The molecule has 122 valence electrons. The summed E-state index contributed by atoms with van der Waals surface area (Å²) in [5, 5.41) is 6.80. The van der Waals surface area contributed by atoms with E-state index in [2.05, 4.69) is 62.2 Å². The highest BCUT2D eigenvalue weighted by molar-refractivity contribution is 14.0. The lowest BCUT2D eigenvalue weighted by Crippen LogP contribution is -2.42. The van der Waals surface area contributed by atoms with Crippen LogP contribution < -0.4 is 10.6 Å². The fourth-order valence-corrected chi connectivity index (χ4v) is 1.70. The third-order valence-corrected chi connectivity index (χ3v) is 3.20. The van der Waals surface area contributed by atoms with Gasteiger partial charge in [-0.05, 0) is 46.2 Å². The lowest BCUT2D eigenvalue weighted by molar-refractivity contribution is 0.363. The van der Waals surface area contributed by atoms with Gasteiger partial charge in [-0.1, -0.05) is 20.8 Å². The summed E-state index contributed by atoms with van der Waals surface area (Å²) in [5.41, 5.74) is 0. The molecule has 0 amide bonds. The molecule has 0 aliphatic rings. The Balaban J connectivity index is 0. The maximum atomic E-state index is 4.62. The summed E-state index contributed by atoms with van der Waals surface area (Å²) in [7, 11) is 2.13. The minimum atomic E-state index is 0. The molecule has 2 N–H and O–H groups in total. The molecular weight excluding hydrogens is 363 g/mol. The topological polar surface area (TPSA) is 39.7 Å². The van der Waals surface area contributed by atoms with E-state index in [-0.39, 0.29) is 24.0 Å². The van der Waals surface area contributed by atoms with Gasteiger partial charge in [0.2, 0.25) is 0 Å². The molecule has 0 bridgehead atoms. The van der Waals surface area contributed by atoms with Crippen LogP contribution in [0.5, 0.6) is 0 Å². The molecule has 0 radical (unpaired) electrons. The highest BCUT2D eigenvalue weighted by atomic mass is 127. The van der Waals surface area contributed by atoms with Crippen LogP contribution >= 0.6 is 24.0 Å². The number of hydrogen-bond acceptors (Lipinski definition) is 2. The van der Waals surface area contributed by atoms with Crippen molar-refractivity contribution < 1.29 is 0 Å². The minimum Gasteiger partial charge on any atom is -0.357 e. The Morgan fingerprint density at radius 2 is 1.80 bits per heavy atom. The zero-order chi connectivity index (χ0) is 14.7. The number of likely N-dealkylation sites (N-methyl/N-ethyl adjacent to an activating group) is 1. The Morgan fingerprint density at radius 3 is 2.30 bits per heavy atom. The molecule has 0 fully saturated rings. The molecule has 1 unspecified atom stereocenters. The quantitative estimate of drug-likeness (QED) is 0.357. The summed E-state index contributed by atoms with van der Waals surface area (Å²) in [6.07, 6.45) is 2.45. The van der Waals surface area contributed by atoms with Crippen molar-refractivity contribution in [3.63, 3.8) is 0 Å². The summed E-state index contributed by atoms with van der Waals surface area (Å²) >= 11 is 0. The molecule has 0 aromatic carbocycles. The Kier molecular flexibility index (Phi) is 15.5. The van der Waals surface area contributed by atoms with E-state index in [1.54, 1.807) is 0 Å². The number of nitrogens with one attached hydrogen (secondary N) is 2. The van der Waals surface area contributed by atoms with Crippen LogP contribution in [0.1, 0.15) is 47.5 Å². The number of guanidine groups is 1. The first kappa shape index (κ1) is 22.2. The molecule has 0 aromatic rings. The van der Waals surface area contributed by atoms with E-state index in [1.165, 1.54) is 12.8 Å². The minimum absolute atomic E-state index is 0. The number of nitrogens with zero attached hydrogens (tertiary/aromatic N) is 2. The van der Waals surface area contributed by atoms with Crippen molar-refractivity contribution in [2.45, 2.75) is 53.5 Å². The molecule has 0 saturated carbocycles. The number of rotatable bonds is 9. The summed E-state index contributed by atoms with van der Waals surface area (Å²) in [4.78, 5) is 6.89. The van der Waals surface area contributed by atoms with Gasteiger partial charge in [0, 0.05) is 19.1 Å². The Hall–Kier alpha value is -0.0400. The lowest BCUT2D eigenvalue weighted by atomic mass is 10.0. The normalized spacial score (nSPS) is 13.3.